The molecule has 3 aromatic heterocycles. The van der Waals surface area contributed by atoms with E-state index in [1.54, 1.807) is 12.1 Å². The van der Waals surface area contributed by atoms with Crippen molar-refractivity contribution in [1.29, 1.82) is 0 Å². The third-order valence-corrected chi connectivity index (χ3v) is 5.42. The molecule has 4 aromatic rings. The smallest absolute Gasteiger partial charge is 0.252 e. The van der Waals surface area contributed by atoms with Crippen LogP contribution in [0.3, 0.4) is 0 Å². The van der Waals surface area contributed by atoms with Crippen LogP contribution in [0.15, 0.2) is 42.6 Å². The number of imidazole rings is 1. The minimum atomic E-state index is -0.166. The number of amides is 1. The van der Waals surface area contributed by atoms with E-state index in [2.05, 4.69) is 22.2 Å². The number of carbonyl (C=O) groups is 1. The van der Waals surface area contributed by atoms with Crippen molar-refractivity contribution in [2.75, 3.05) is 24.6 Å². The van der Waals surface area contributed by atoms with Gasteiger partial charge in [-0.25, -0.2) is 15.0 Å². The first kappa shape index (κ1) is 22.3. The minimum absolute atomic E-state index is 0.166. The molecule has 9 nitrogen and oxygen atoms in total. The molecule has 33 heavy (non-hydrogen) atoms. The van der Waals surface area contributed by atoms with Crippen molar-refractivity contribution >= 4 is 39.5 Å². The van der Waals surface area contributed by atoms with Gasteiger partial charge in [0.2, 0.25) is 0 Å². The number of nitrogen functional groups attached to an aromatic ring is 2. The number of pyridine rings is 2. The normalized spacial score (nSPS) is 11.2. The zero-order chi connectivity index (χ0) is 23.2. The zero-order valence-corrected chi connectivity index (χ0v) is 18.8. The van der Waals surface area contributed by atoms with E-state index >= 15 is 0 Å². The monoisotopic (exact) mass is 447 g/mol. The molecule has 9 heteroatoms. The van der Waals surface area contributed by atoms with Crippen LogP contribution in [0.5, 0.6) is 0 Å². The van der Waals surface area contributed by atoms with E-state index in [1.165, 1.54) is 6.20 Å². The first-order valence-electron chi connectivity index (χ1n) is 11.3. The number of aromatic nitrogens is 4. The maximum atomic E-state index is 12.2. The highest BCUT2D eigenvalue weighted by Gasteiger charge is 2.18. The second kappa shape index (κ2) is 10.2. The summed E-state index contributed by atoms with van der Waals surface area (Å²) in [6.07, 6.45) is 5.87. The number of fused-ring (bicyclic) bond motifs is 3. The van der Waals surface area contributed by atoms with Crippen molar-refractivity contribution in [3.63, 3.8) is 0 Å². The highest BCUT2D eigenvalue weighted by atomic mass is 16.7. The largest absolute Gasteiger partial charge is 0.412 e. The van der Waals surface area contributed by atoms with E-state index < -0.39 is 0 Å². The molecular formula is C24H29N7O2. The van der Waals surface area contributed by atoms with Crippen molar-refractivity contribution in [3.05, 3.63) is 54.0 Å². The van der Waals surface area contributed by atoms with Crippen molar-refractivity contribution in [2.24, 2.45) is 0 Å². The molecule has 0 aliphatic rings. The number of unbranched alkanes of at least 4 members (excludes halogenated alkanes) is 2. The lowest BCUT2D eigenvalue weighted by molar-refractivity contribution is 0.0943. The van der Waals surface area contributed by atoms with Gasteiger partial charge < -0.3 is 21.6 Å². The zero-order valence-electron chi connectivity index (χ0n) is 18.8. The molecule has 5 N–H and O–H groups in total. The van der Waals surface area contributed by atoms with Crippen LogP contribution in [0.4, 0.5) is 11.6 Å². The van der Waals surface area contributed by atoms with Crippen molar-refractivity contribution in [2.45, 2.75) is 39.0 Å². The topological polar surface area (TPSA) is 134 Å². The summed E-state index contributed by atoms with van der Waals surface area (Å²) in [6, 6.07) is 11.1. The number of aryl methyl sites for hydroxylation is 1. The number of hydrogen-bond acceptors (Lipinski definition) is 7. The molecule has 0 unspecified atom stereocenters. The summed E-state index contributed by atoms with van der Waals surface area (Å²) in [5, 5.41) is 3.85. The first-order chi connectivity index (χ1) is 16.1. The van der Waals surface area contributed by atoms with Crippen LogP contribution in [0.25, 0.3) is 21.9 Å². The van der Waals surface area contributed by atoms with Crippen LogP contribution >= 0.6 is 0 Å². The number of anilines is 2. The van der Waals surface area contributed by atoms with Gasteiger partial charge in [0, 0.05) is 24.5 Å². The molecular weight excluding hydrogens is 418 g/mol. The van der Waals surface area contributed by atoms with E-state index in [0.29, 0.717) is 35.9 Å². The Bertz CT molecular complexity index is 1250. The second-order valence-corrected chi connectivity index (χ2v) is 7.91. The lowest BCUT2D eigenvalue weighted by atomic mass is 10.2. The Morgan fingerprint density at radius 1 is 1.09 bits per heavy atom. The summed E-state index contributed by atoms with van der Waals surface area (Å²) in [5.41, 5.74) is 14.6. The van der Waals surface area contributed by atoms with Gasteiger partial charge in [-0.3, -0.25) is 4.79 Å². The Morgan fingerprint density at radius 2 is 1.94 bits per heavy atom. The second-order valence-electron chi connectivity index (χ2n) is 7.91. The Hall–Kier alpha value is -3.88. The van der Waals surface area contributed by atoms with Crippen LogP contribution in [-0.2, 0) is 6.42 Å². The van der Waals surface area contributed by atoms with Gasteiger partial charge in [-0.05, 0) is 37.5 Å². The van der Waals surface area contributed by atoms with Crippen LogP contribution in [0.2, 0.25) is 0 Å². The van der Waals surface area contributed by atoms with Crippen molar-refractivity contribution < 1.29 is 9.63 Å². The highest BCUT2D eigenvalue weighted by Crippen LogP contribution is 2.28. The first-order valence-corrected chi connectivity index (χ1v) is 11.3. The number of nitrogens with two attached hydrogens (primary N) is 2. The van der Waals surface area contributed by atoms with Crippen molar-refractivity contribution in [1.82, 2.24) is 25.0 Å². The average Bonchev–Trinajstić information content (AvgIpc) is 3.19. The van der Waals surface area contributed by atoms with E-state index in [9.17, 15) is 4.79 Å². The van der Waals surface area contributed by atoms with Gasteiger partial charge in [-0.2, -0.15) is 4.73 Å². The van der Waals surface area contributed by atoms with E-state index in [-0.39, 0.29) is 5.91 Å². The predicted octanol–water partition coefficient (Wildman–Crippen LogP) is 3.13. The lowest BCUT2D eigenvalue weighted by Crippen LogP contribution is -2.25. The SMILES string of the molecule is CCCCc1nc2c(N)nc3ccccc3c2n1OCCCCNC(=O)c1ccc(N)nc1. The molecule has 1 amide bonds. The fourth-order valence-electron chi connectivity index (χ4n) is 3.68. The van der Waals surface area contributed by atoms with Crippen LogP contribution in [0, 0.1) is 0 Å². The molecule has 0 saturated heterocycles. The van der Waals surface area contributed by atoms with E-state index in [4.69, 9.17) is 21.3 Å². The number of para-hydroxylation sites is 1. The molecule has 0 bridgehead atoms. The molecule has 4 rings (SSSR count). The third-order valence-electron chi connectivity index (χ3n) is 5.42. The number of nitrogens with one attached hydrogen (secondary N) is 1. The van der Waals surface area contributed by atoms with Gasteiger partial charge in [-0.1, -0.05) is 31.5 Å². The maximum absolute atomic E-state index is 12.2. The summed E-state index contributed by atoms with van der Waals surface area (Å²) >= 11 is 0. The van der Waals surface area contributed by atoms with Gasteiger partial charge in [0.15, 0.2) is 5.82 Å². The fourth-order valence-corrected chi connectivity index (χ4v) is 3.68. The van der Waals surface area contributed by atoms with Crippen LogP contribution in [0.1, 0.15) is 48.8 Å². The van der Waals surface area contributed by atoms with Crippen LogP contribution < -0.4 is 21.6 Å². The molecule has 0 aliphatic heterocycles. The highest BCUT2D eigenvalue weighted by molar-refractivity contribution is 6.06. The van der Waals surface area contributed by atoms with E-state index in [0.717, 1.165) is 54.3 Å². The van der Waals surface area contributed by atoms with E-state index in [1.807, 2.05) is 29.0 Å². The average molecular weight is 448 g/mol. The lowest BCUT2D eigenvalue weighted by Gasteiger charge is -2.12. The quantitative estimate of drug-likeness (QED) is 0.318. The number of benzene rings is 1. The minimum Gasteiger partial charge on any atom is -0.412 e. The molecule has 3 heterocycles. The Kier molecular flexibility index (Phi) is 6.87. The number of nitrogens with zero attached hydrogens (tertiary/aromatic N) is 4. The number of carbonyl (C=O) groups excluding carboxylic acids is 1. The maximum Gasteiger partial charge on any atom is 0.252 e. The standard InChI is InChI=1S/C24H29N7O2/c1-2-3-10-20-30-21-22(17-8-4-5-9-18(17)29-23(21)26)31(20)33-14-7-6-13-27-24(32)16-11-12-19(25)28-15-16/h4-5,8-9,11-12,15H,2-3,6-7,10,13-14H2,1H3,(H2,25,28)(H2,26,29)(H,27,32). The summed E-state index contributed by atoms with van der Waals surface area (Å²) < 4.78 is 1.82. The molecule has 172 valence electrons. The molecule has 0 atom stereocenters. The summed E-state index contributed by atoms with van der Waals surface area (Å²) in [4.78, 5) is 31.6. The Balaban J connectivity index is 1.42. The summed E-state index contributed by atoms with van der Waals surface area (Å²) in [6.45, 7) is 3.17. The molecule has 0 radical (unpaired) electrons. The number of rotatable bonds is 10. The Labute approximate surface area is 192 Å². The van der Waals surface area contributed by atoms with Gasteiger partial charge in [0.25, 0.3) is 5.91 Å². The molecule has 0 aliphatic carbocycles. The fraction of sp³-hybridized carbons (Fsp3) is 0.333. The molecule has 1 aromatic carbocycles. The van der Waals surface area contributed by atoms with Gasteiger partial charge >= 0.3 is 0 Å². The Morgan fingerprint density at radius 3 is 2.73 bits per heavy atom. The van der Waals surface area contributed by atoms with Crippen LogP contribution in [-0.4, -0.2) is 38.7 Å². The molecule has 0 spiro atoms. The summed E-state index contributed by atoms with van der Waals surface area (Å²) in [5.74, 6) is 1.48. The number of hydrogen-bond donors (Lipinski definition) is 3. The molecule has 0 saturated carbocycles. The third kappa shape index (κ3) is 4.97. The van der Waals surface area contributed by atoms with Gasteiger partial charge in [0.1, 0.15) is 29.3 Å². The molecule has 0 fully saturated rings. The summed E-state index contributed by atoms with van der Waals surface area (Å²) in [7, 11) is 0. The van der Waals surface area contributed by atoms with Gasteiger partial charge in [0.05, 0.1) is 11.1 Å². The predicted molar refractivity (Wildman–Crippen MR) is 130 cm³/mol. The van der Waals surface area contributed by atoms with Gasteiger partial charge in [-0.15, -0.1) is 0 Å². The van der Waals surface area contributed by atoms with Crippen molar-refractivity contribution in [3.8, 4) is 0 Å².